The van der Waals surface area contributed by atoms with Gasteiger partial charge in [-0.2, -0.15) is 0 Å². The van der Waals surface area contributed by atoms with Gasteiger partial charge >= 0.3 is 33.6 Å². The number of allylic oxidation sites excluding steroid dienone is 30. The second kappa shape index (κ2) is 102. The Kier molecular flexibility index (Phi) is 97.4. The van der Waals surface area contributed by atoms with Crippen molar-refractivity contribution in [2.24, 2.45) is 0 Å². The number of aliphatic hydroxyl groups is 2. The molecular weight excluding hydrogens is 1650 g/mol. The summed E-state index contributed by atoms with van der Waals surface area (Å²) < 4.78 is 61.7. The topological polar surface area (TPSA) is 231 Å². The average molecular weight is 1840 g/mol. The Morgan fingerprint density at radius 1 is 0.225 bits per heavy atom. The van der Waals surface area contributed by atoms with E-state index in [9.17, 15) is 43.5 Å². The summed E-state index contributed by atoms with van der Waals surface area (Å²) in [6.45, 7) is 2.50. The first-order valence-electron chi connectivity index (χ1n) is 52.1. The van der Waals surface area contributed by atoms with Crippen molar-refractivity contribution in [1.82, 2.24) is 0 Å². The lowest BCUT2D eigenvalue weighted by Crippen LogP contribution is -2.30. The van der Waals surface area contributed by atoms with E-state index in [1.165, 1.54) is 212 Å². The van der Waals surface area contributed by atoms with Crippen LogP contribution in [0, 0.1) is 0 Å². The van der Waals surface area contributed by atoms with Gasteiger partial charge in [-0.1, -0.05) is 447 Å². The molecule has 0 saturated heterocycles. The number of hydrogen-bond donors (Lipinski definition) is 4. The van der Waals surface area contributed by atoms with E-state index < -0.39 is 91.5 Å². The molecule has 0 aromatic rings. The van der Waals surface area contributed by atoms with Gasteiger partial charge in [0.2, 0.25) is 0 Å². The Bertz CT molecular complexity index is 3080. The molecule has 0 aromatic carbocycles. The van der Waals surface area contributed by atoms with Gasteiger partial charge in [0.15, 0.2) is 6.10 Å². The summed E-state index contributed by atoms with van der Waals surface area (Å²) in [6.07, 6.45) is 135. The lowest BCUT2D eigenvalue weighted by Gasteiger charge is -2.21. The summed E-state index contributed by atoms with van der Waals surface area (Å²) in [5.74, 6) is -1.56. The molecule has 5 unspecified atom stereocenters. The Labute approximate surface area is 789 Å². The standard InChI is InChI=1S/C111H190O16P2/c1-4-7-10-13-16-19-22-25-28-31-34-37-40-43-46-49-51-52-54-57-58-61-64-67-70-73-76-79-82-85-88-91-94-97-109(114)121-100-106(112)101-123-128(117,118)124-102-107(113)103-125-129(119,120)126-105-108(127-111(116)99-96-93-90-87-84-81-78-75-72-69-66-63-60-55-48-45-42-39-36-33-30-27-24-21-18-15-12-9-6-3)104-122-110(115)98-95-92-89-86-83-80-77-74-71-68-65-62-59-56-53-50-47-44-41-38-35-32-29-26-23-20-17-14-11-8-5-2/h8-9,11-12,16-21,25-30,34-39,43-48,53,56,106-108,112-113H,4-7,10,13-15,22-24,31-33,40-42,49-52,54-55,57-105H2,1-3H3,(H,117,118)(H,119,120)/b11-8-,12-9-,19-16-,20-17-,21-18-,28-25-,29-26-,30-27-,37-34-,38-35-,39-36-,46-43-,47-44-,48-45-,56-53-. The van der Waals surface area contributed by atoms with Crippen molar-refractivity contribution in [2.75, 3.05) is 39.6 Å². The predicted octanol–water partition coefficient (Wildman–Crippen LogP) is 33.1. The Hall–Kier alpha value is -5.35. The Balaban J connectivity index is 4.62. The van der Waals surface area contributed by atoms with Crippen molar-refractivity contribution >= 4 is 33.6 Å². The van der Waals surface area contributed by atoms with Crippen LogP contribution >= 0.6 is 15.6 Å². The van der Waals surface area contributed by atoms with Crippen LogP contribution in [0.3, 0.4) is 0 Å². The maximum atomic E-state index is 13.1. The van der Waals surface area contributed by atoms with Gasteiger partial charge in [0.1, 0.15) is 25.4 Å². The van der Waals surface area contributed by atoms with Gasteiger partial charge in [-0.15, -0.1) is 0 Å². The highest BCUT2D eigenvalue weighted by molar-refractivity contribution is 7.47. The minimum atomic E-state index is -4.95. The fourth-order valence-corrected chi connectivity index (χ4v) is 15.9. The smallest absolute Gasteiger partial charge is 0.463 e. The molecule has 0 bridgehead atoms. The van der Waals surface area contributed by atoms with E-state index in [0.717, 1.165) is 173 Å². The fraction of sp³-hybridized carbons (Fsp3) is 0.703. The number of unbranched alkanes of at least 4 members (excludes halogenated alkanes) is 45. The molecule has 0 spiro atoms. The summed E-state index contributed by atoms with van der Waals surface area (Å²) in [5.41, 5.74) is 0. The van der Waals surface area contributed by atoms with Gasteiger partial charge in [0, 0.05) is 19.3 Å². The van der Waals surface area contributed by atoms with Crippen LogP contribution in [0.4, 0.5) is 0 Å². The molecule has 4 N–H and O–H groups in total. The van der Waals surface area contributed by atoms with E-state index in [1.807, 2.05) is 0 Å². The first-order valence-corrected chi connectivity index (χ1v) is 55.1. The van der Waals surface area contributed by atoms with E-state index in [-0.39, 0.29) is 19.3 Å². The van der Waals surface area contributed by atoms with Gasteiger partial charge in [-0.3, -0.25) is 32.5 Å². The van der Waals surface area contributed by atoms with Gasteiger partial charge in [-0.05, 0) is 161 Å². The minimum absolute atomic E-state index is 0.0983. The number of esters is 3. The van der Waals surface area contributed by atoms with Crippen molar-refractivity contribution in [2.45, 2.75) is 463 Å². The van der Waals surface area contributed by atoms with Gasteiger partial charge in [-0.25, -0.2) is 9.13 Å². The minimum Gasteiger partial charge on any atom is -0.463 e. The summed E-state index contributed by atoms with van der Waals surface area (Å²) in [6, 6.07) is 0. The summed E-state index contributed by atoms with van der Waals surface area (Å²) in [4.78, 5) is 59.3. The zero-order chi connectivity index (χ0) is 93.5. The molecule has 16 nitrogen and oxygen atoms in total. The molecule has 0 saturated carbocycles. The second-order valence-electron chi connectivity index (χ2n) is 34.6. The predicted molar refractivity (Wildman–Crippen MR) is 546 cm³/mol. The summed E-state index contributed by atoms with van der Waals surface area (Å²) in [7, 11) is -9.82. The van der Waals surface area contributed by atoms with Crippen LogP contribution < -0.4 is 0 Å². The van der Waals surface area contributed by atoms with Crippen LogP contribution in [0.2, 0.25) is 0 Å². The average Bonchev–Trinajstić information content (AvgIpc) is 0.898. The van der Waals surface area contributed by atoms with Crippen molar-refractivity contribution in [3.05, 3.63) is 182 Å². The molecule has 0 rings (SSSR count). The van der Waals surface area contributed by atoms with E-state index >= 15 is 0 Å². The van der Waals surface area contributed by atoms with E-state index in [0.29, 0.717) is 19.3 Å². The molecule has 0 aliphatic rings. The Morgan fingerprint density at radius 2 is 0.411 bits per heavy atom. The molecule has 0 heterocycles. The summed E-state index contributed by atoms with van der Waals surface area (Å²) in [5, 5.41) is 20.8. The van der Waals surface area contributed by atoms with Crippen LogP contribution in [0.1, 0.15) is 445 Å². The first-order chi connectivity index (χ1) is 63.2. The maximum Gasteiger partial charge on any atom is 0.472 e. The van der Waals surface area contributed by atoms with Crippen LogP contribution in [-0.2, 0) is 55.8 Å². The number of aliphatic hydroxyl groups excluding tert-OH is 2. The third kappa shape index (κ3) is 103. The lowest BCUT2D eigenvalue weighted by atomic mass is 10.0. The van der Waals surface area contributed by atoms with Crippen LogP contribution in [0.25, 0.3) is 0 Å². The van der Waals surface area contributed by atoms with Gasteiger partial charge in [0.25, 0.3) is 0 Å². The monoisotopic (exact) mass is 1840 g/mol. The van der Waals surface area contributed by atoms with Crippen molar-refractivity contribution in [3.8, 4) is 0 Å². The molecule has 0 fully saturated rings. The second-order valence-corrected chi connectivity index (χ2v) is 37.5. The fourth-order valence-electron chi connectivity index (χ4n) is 14.3. The summed E-state index contributed by atoms with van der Waals surface area (Å²) >= 11 is 0. The zero-order valence-corrected chi connectivity index (χ0v) is 83.8. The lowest BCUT2D eigenvalue weighted by molar-refractivity contribution is -0.161. The molecule has 0 aromatic heterocycles. The maximum absolute atomic E-state index is 13.1. The van der Waals surface area contributed by atoms with Crippen LogP contribution in [0.15, 0.2) is 182 Å². The third-order valence-corrected chi connectivity index (χ3v) is 24.0. The van der Waals surface area contributed by atoms with Crippen molar-refractivity contribution in [1.29, 1.82) is 0 Å². The molecule has 5 atom stereocenters. The molecule has 0 radical (unpaired) electrons. The van der Waals surface area contributed by atoms with Crippen LogP contribution in [0.5, 0.6) is 0 Å². The zero-order valence-electron chi connectivity index (χ0n) is 82.0. The van der Waals surface area contributed by atoms with Crippen LogP contribution in [-0.4, -0.2) is 95.9 Å². The number of carbonyl (C=O) groups is 3. The van der Waals surface area contributed by atoms with Gasteiger partial charge < -0.3 is 34.2 Å². The largest absolute Gasteiger partial charge is 0.472 e. The molecule has 129 heavy (non-hydrogen) atoms. The molecule has 0 aliphatic heterocycles. The van der Waals surface area contributed by atoms with Crippen molar-refractivity contribution in [3.63, 3.8) is 0 Å². The number of rotatable bonds is 98. The number of ether oxygens (including phenoxy) is 3. The SMILES string of the molecule is CC/C=C\C/C=C\C/C=C\C/C=C\C/C=C\C/C=C\CCCCCCCCCCCCCCC(=O)OCC(COP(=O)(O)OCC(O)COP(=O)(O)OCC(O)COC(=O)CCCCCCCCCCCCCCCCCCC/C=C\C/C=C\C/C=C\C/C=C\CCCCC)OC(=O)CCCCCCCCCCCCCCC/C=C\C/C=C\C/C=C\C/C=C\C/C=C\CC. The quantitative estimate of drug-likeness (QED) is 0.0146. The first kappa shape index (κ1) is 124. The number of hydrogen-bond acceptors (Lipinski definition) is 14. The molecular formula is C111H190O16P2. The van der Waals surface area contributed by atoms with Crippen molar-refractivity contribution < 1.29 is 75.8 Å². The highest BCUT2D eigenvalue weighted by atomic mass is 31.2. The molecule has 0 amide bonds. The molecule has 18 heteroatoms. The van der Waals surface area contributed by atoms with E-state index in [1.54, 1.807) is 0 Å². The third-order valence-electron chi connectivity index (χ3n) is 22.1. The molecule has 740 valence electrons. The van der Waals surface area contributed by atoms with E-state index in [4.69, 9.17) is 32.3 Å². The Morgan fingerprint density at radius 3 is 0.651 bits per heavy atom. The number of carbonyl (C=O) groups excluding carboxylic acids is 3. The van der Waals surface area contributed by atoms with E-state index in [2.05, 4.69) is 203 Å². The highest BCUT2D eigenvalue weighted by Crippen LogP contribution is 2.45. The highest BCUT2D eigenvalue weighted by Gasteiger charge is 2.30. The normalized spacial score (nSPS) is 14.4. The van der Waals surface area contributed by atoms with Gasteiger partial charge in [0.05, 0.1) is 26.4 Å². The number of phosphoric acid groups is 2. The number of phosphoric ester groups is 2. The molecule has 0 aliphatic carbocycles.